The molecule has 3 rings (SSSR count). The van der Waals surface area contributed by atoms with Crippen molar-refractivity contribution in [2.24, 2.45) is 0 Å². The average Bonchev–Trinajstić information content (AvgIpc) is 2.92. The fourth-order valence-electron chi connectivity index (χ4n) is 2.20. The van der Waals surface area contributed by atoms with E-state index < -0.39 is 0 Å². The van der Waals surface area contributed by atoms with Gasteiger partial charge in [0.2, 0.25) is 0 Å². The van der Waals surface area contributed by atoms with E-state index in [9.17, 15) is 4.79 Å². The van der Waals surface area contributed by atoms with E-state index in [2.05, 4.69) is 9.97 Å². The lowest BCUT2D eigenvalue weighted by Crippen LogP contribution is -2.22. The average molecular weight is 348 g/mol. The number of hydrogen-bond donors (Lipinski definition) is 2. The van der Waals surface area contributed by atoms with E-state index in [-0.39, 0.29) is 19.3 Å². The zero-order valence-corrected chi connectivity index (χ0v) is 15.2. The second kappa shape index (κ2) is 11.8. The van der Waals surface area contributed by atoms with Gasteiger partial charge >= 0.3 is 5.69 Å². The second-order valence-corrected chi connectivity index (χ2v) is 4.13. The minimum Gasteiger partial charge on any atom is -0.382 e. The highest BCUT2D eigenvalue weighted by Gasteiger charge is 2.17. The first-order valence-electron chi connectivity index (χ1n) is 8.01. The second-order valence-electron chi connectivity index (χ2n) is 4.13. The first-order chi connectivity index (χ1) is 11.2. The molecule has 0 unspecified atom stereocenters. The van der Waals surface area contributed by atoms with Crippen molar-refractivity contribution in [1.82, 2.24) is 25.3 Å². The largest absolute Gasteiger partial charge is 0.382 e. The van der Waals surface area contributed by atoms with E-state index in [1.54, 1.807) is 9.13 Å². The molecule has 25 heavy (non-hydrogen) atoms. The van der Waals surface area contributed by atoms with Crippen LogP contribution in [0.5, 0.6) is 0 Å². The van der Waals surface area contributed by atoms with Gasteiger partial charge in [-0.05, 0) is 19.1 Å². The molecule has 5 N–H and O–H groups in total. The van der Waals surface area contributed by atoms with Crippen LogP contribution >= 0.6 is 0 Å². The van der Waals surface area contributed by atoms with Crippen LogP contribution in [0.15, 0.2) is 41.5 Å². The van der Waals surface area contributed by atoms with Gasteiger partial charge in [-0.2, -0.15) is 0 Å². The number of hydrogen-bond acceptors (Lipinski definition) is 5. The minimum absolute atomic E-state index is 0. The quantitative estimate of drug-likeness (QED) is 0.725. The molecule has 7 nitrogen and oxygen atoms in total. The van der Waals surface area contributed by atoms with E-state index in [1.807, 2.05) is 65.0 Å². The van der Waals surface area contributed by atoms with Crippen molar-refractivity contribution in [3.8, 4) is 5.69 Å². The van der Waals surface area contributed by atoms with Crippen LogP contribution in [-0.2, 0) is 6.54 Å². The molecular weight excluding hydrogens is 316 g/mol. The maximum Gasteiger partial charge on any atom is 0.335 e. The van der Waals surface area contributed by atoms with Gasteiger partial charge in [-0.15, -0.1) is 0 Å². The summed E-state index contributed by atoms with van der Waals surface area (Å²) >= 11 is 0. The lowest BCUT2D eigenvalue weighted by molar-refractivity contribution is 0.727. The van der Waals surface area contributed by atoms with Gasteiger partial charge in [-0.25, -0.2) is 14.8 Å². The van der Waals surface area contributed by atoms with Crippen LogP contribution in [0.2, 0.25) is 0 Å². The molecule has 3 aromatic rings. The maximum absolute atomic E-state index is 12.5. The van der Waals surface area contributed by atoms with Crippen LogP contribution in [0.25, 0.3) is 16.9 Å². The number of imidazole rings is 1. The van der Waals surface area contributed by atoms with Crippen molar-refractivity contribution >= 4 is 17.0 Å². The van der Waals surface area contributed by atoms with Crippen molar-refractivity contribution in [3.63, 3.8) is 0 Å². The maximum atomic E-state index is 12.5. The third-order valence-electron chi connectivity index (χ3n) is 3.06. The van der Waals surface area contributed by atoms with Crippen LogP contribution in [0.1, 0.15) is 42.0 Å². The van der Waals surface area contributed by atoms with Gasteiger partial charge in [0.05, 0.1) is 5.69 Å². The van der Waals surface area contributed by atoms with Gasteiger partial charge in [0.25, 0.3) is 0 Å². The van der Waals surface area contributed by atoms with Gasteiger partial charge in [0.1, 0.15) is 11.8 Å². The molecule has 0 aliphatic heterocycles. The topological polar surface area (TPSA) is 114 Å². The van der Waals surface area contributed by atoms with Gasteiger partial charge in [-0.3, -0.25) is 9.13 Å². The standard InChI is InChI=1S/C13H13N5O.2C2H6.CH4.H3N/c1-2-17-12-10(11(14)15-8-16-12)18(13(17)19)9-6-4-3-5-7-9;2*1-2;;/h3-8H,2H2,1H3,(H2,14,15,16);2*1-2H3;1H4;1H3. The molecule has 2 aromatic heterocycles. The summed E-state index contributed by atoms with van der Waals surface area (Å²) in [5.41, 5.74) is 7.62. The molecule has 0 atom stereocenters. The first-order valence-corrected chi connectivity index (χ1v) is 8.01. The normalized spacial score (nSPS) is 8.84. The molecule has 1 aromatic carbocycles. The van der Waals surface area contributed by atoms with Crippen LogP contribution in [0, 0.1) is 0 Å². The summed E-state index contributed by atoms with van der Waals surface area (Å²) in [5.74, 6) is 0.304. The Balaban J connectivity index is 0. The Bertz CT molecular complexity index is 792. The molecule has 0 fully saturated rings. The van der Waals surface area contributed by atoms with Crippen molar-refractivity contribution in [3.05, 3.63) is 47.1 Å². The highest BCUT2D eigenvalue weighted by Crippen LogP contribution is 2.19. The van der Waals surface area contributed by atoms with Gasteiger partial charge in [0.15, 0.2) is 11.5 Å². The zero-order chi connectivity index (χ0) is 17.4. The summed E-state index contributed by atoms with van der Waals surface area (Å²) < 4.78 is 3.13. The van der Waals surface area contributed by atoms with E-state index in [0.29, 0.717) is 23.5 Å². The van der Waals surface area contributed by atoms with E-state index in [1.165, 1.54) is 6.33 Å². The third-order valence-corrected chi connectivity index (χ3v) is 3.06. The fraction of sp³-hybridized carbons (Fsp3) is 0.389. The Morgan fingerprint density at radius 3 is 2.12 bits per heavy atom. The Morgan fingerprint density at radius 2 is 1.60 bits per heavy atom. The number of nitrogens with two attached hydrogens (primary N) is 1. The summed E-state index contributed by atoms with van der Waals surface area (Å²) in [6.45, 7) is 10.4. The summed E-state index contributed by atoms with van der Waals surface area (Å²) in [7, 11) is 0. The summed E-state index contributed by atoms with van der Waals surface area (Å²) in [4.78, 5) is 20.6. The molecular formula is C18H32N6O. The molecule has 7 heteroatoms. The highest BCUT2D eigenvalue weighted by molar-refractivity contribution is 5.83. The summed E-state index contributed by atoms with van der Waals surface area (Å²) in [6.07, 6.45) is 1.37. The number of fused-ring (bicyclic) bond motifs is 1. The number of aromatic nitrogens is 4. The lowest BCUT2D eigenvalue weighted by atomic mass is 10.3. The molecule has 0 radical (unpaired) electrons. The lowest BCUT2D eigenvalue weighted by Gasteiger charge is -2.03. The highest BCUT2D eigenvalue weighted by atomic mass is 16.1. The monoisotopic (exact) mass is 348 g/mol. The molecule has 0 saturated heterocycles. The predicted octanol–water partition coefficient (Wildman–Crippen LogP) is 4.03. The predicted molar refractivity (Wildman–Crippen MR) is 108 cm³/mol. The number of anilines is 1. The molecule has 0 bridgehead atoms. The van der Waals surface area contributed by atoms with E-state index in [4.69, 9.17) is 5.73 Å². The molecule has 140 valence electrons. The van der Waals surface area contributed by atoms with Crippen LogP contribution in [0.3, 0.4) is 0 Å². The molecule has 0 aliphatic rings. The van der Waals surface area contributed by atoms with Crippen molar-refractivity contribution in [1.29, 1.82) is 0 Å². The van der Waals surface area contributed by atoms with Gasteiger partial charge < -0.3 is 11.9 Å². The molecule has 2 heterocycles. The minimum atomic E-state index is -0.157. The summed E-state index contributed by atoms with van der Waals surface area (Å²) in [6, 6.07) is 9.35. The van der Waals surface area contributed by atoms with Crippen LogP contribution < -0.4 is 17.6 Å². The molecule has 0 saturated carbocycles. The Hall–Kier alpha value is -2.67. The number of para-hydroxylation sites is 1. The smallest absolute Gasteiger partial charge is 0.335 e. The number of nitrogen functional groups attached to an aromatic ring is 1. The third kappa shape index (κ3) is 4.67. The fourth-order valence-corrected chi connectivity index (χ4v) is 2.20. The summed E-state index contributed by atoms with van der Waals surface area (Å²) in [5, 5.41) is 0. The molecule has 0 aliphatic carbocycles. The van der Waals surface area contributed by atoms with E-state index in [0.717, 1.165) is 5.69 Å². The van der Waals surface area contributed by atoms with Crippen LogP contribution in [-0.4, -0.2) is 19.1 Å². The van der Waals surface area contributed by atoms with Gasteiger partial charge in [-0.1, -0.05) is 53.3 Å². The SMILES string of the molecule is C.CC.CC.CCn1c(=O)n(-c2ccccc2)c2c(N)ncnc21.N. The number of aryl methyl sites for hydroxylation is 1. The zero-order valence-electron chi connectivity index (χ0n) is 15.2. The number of benzene rings is 1. The Labute approximate surface area is 150 Å². The number of rotatable bonds is 2. The van der Waals surface area contributed by atoms with Crippen molar-refractivity contribution < 1.29 is 0 Å². The Kier molecular flexibility index (Phi) is 11.6. The number of nitrogens with zero attached hydrogens (tertiary/aromatic N) is 4. The van der Waals surface area contributed by atoms with Crippen molar-refractivity contribution in [2.45, 2.75) is 48.6 Å². The van der Waals surface area contributed by atoms with Crippen molar-refractivity contribution in [2.75, 3.05) is 5.73 Å². The first kappa shape index (κ1) is 24.6. The van der Waals surface area contributed by atoms with E-state index >= 15 is 0 Å². The Morgan fingerprint density at radius 1 is 1.04 bits per heavy atom. The van der Waals surface area contributed by atoms with Gasteiger partial charge in [0, 0.05) is 6.54 Å². The molecule has 0 amide bonds. The van der Waals surface area contributed by atoms with Crippen LogP contribution in [0.4, 0.5) is 5.82 Å². The molecule has 0 spiro atoms.